The molecule has 4 rings (SSSR count). The van der Waals surface area contributed by atoms with Gasteiger partial charge in [0, 0.05) is 22.8 Å². The molecule has 160 valence electrons. The van der Waals surface area contributed by atoms with E-state index in [9.17, 15) is 0 Å². The van der Waals surface area contributed by atoms with Crippen LogP contribution in [0.5, 0.6) is 0 Å². The highest BCUT2D eigenvalue weighted by atomic mass is 35.5. The van der Waals surface area contributed by atoms with Gasteiger partial charge in [0.15, 0.2) is 5.11 Å². The summed E-state index contributed by atoms with van der Waals surface area (Å²) < 4.78 is 0. The van der Waals surface area contributed by atoms with E-state index in [2.05, 4.69) is 58.9 Å². The highest BCUT2D eigenvalue weighted by Gasteiger charge is 2.34. The molecule has 0 aromatic heterocycles. The summed E-state index contributed by atoms with van der Waals surface area (Å²) in [5.41, 5.74) is 3.72. The molecular formula is C25H32ClN3S. The first-order valence-electron chi connectivity index (χ1n) is 11.2. The van der Waals surface area contributed by atoms with Crippen molar-refractivity contribution in [2.45, 2.75) is 57.5 Å². The minimum Gasteiger partial charge on any atom is -0.358 e. The molecular weight excluding hydrogens is 410 g/mol. The molecule has 0 unspecified atom stereocenters. The molecule has 2 aromatic carbocycles. The van der Waals surface area contributed by atoms with Crippen LogP contribution in [0.15, 0.2) is 48.5 Å². The second kappa shape index (κ2) is 10.1. The van der Waals surface area contributed by atoms with Gasteiger partial charge in [0.1, 0.15) is 0 Å². The predicted octanol–water partition coefficient (Wildman–Crippen LogP) is 5.81. The Morgan fingerprint density at radius 1 is 1.00 bits per heavy atom. The van der Waals surface area contributed by atoms with Gasteiger partial charge in [0.05, 0.1) is 0 Å². The highest BCUT2D eigenvalue weighted by Crippen LogP contribution is 2.30. The van der Waals surface area contributed by atoms with Crippen LogP contribution in [0.25, 0.3) is 0 Å². The van der Waals surface area contributed by atoms with Crippen molar-refractivity contribution in [1.29, 1.82) is 0 Å². The smallest absolute Gasteiger partial charge is 0.171 e. The molecule has 0 bridgehead atoms. The quantitative estimate of drug-likeness (QED) is 0.572. The van der Waals surface area contributed by atoms with Gasteiger partial charge < -0.3 is 10.6 Å². The summed E-state index contributed by atoms with van der Waals surface area (Å²) in [4.78, 5) is 2.71. The van der Waals surface area contributed by atoms with Crippen LogP contribution in [-0.2, 0) is 6.42 Å². The van der Waals surface area contributed by atoms with E-state index >= 15 is 0 Å². The average Bonchev–Trinajstić information content (AvgIpc) is 3.20. The maximum absolute atomic E-state index is 6.02. The lowest BCUT2D eigenvalue weighted by molar-refractivity contribution is 0.122. The number of likely N-dealkylation sites (tertiary alicyclic amines) is 1. The molecule has 2 atom stereocenters. The number of aryl methyl sites for hydroxylation is 1. The maximum Gasteiger partial charge on any atom is 0.171 e. The van der Waals surface area contributed by atoms with Crippen molar-refractivity contribution in [2.75, 3.05) is 18.4 Å². The molecule has 0 spiro atoms. The van der Waals surface area contributed by atoms with E-state index in [1.807, 2.05) is 12.1 Å². The summed E-state index contributed by atoms with van der Waals surface area (Å²) in [5, 5.41) is 8.53. The molecule has 2 aliphatic rings. The summed E-state index contributed by atoms with van der Waals surface area (Å²) in [6.07, 6.45) is 7.47. The Morgan fingerprint density at radius 3 is 2.40 bits per heavy atom. The fourth-order valence-corrected chi connectivity index (χ4v) is 5.36. The first-order valence-corrected chi connectivity index (χ1v) is 12.0. The van der Waals surface area contributed by atoms with Crippen LogP contribution in [-0.4, -0.2) is 35.2 Å². The molecule has 1 saturated carbocycles. The molecule has 2 aromatic rings. The topological polar surface area (TPSA) is 27.3 Å². The number of rotatable bonds is 5. The van der Waals surface area contributed by atoms with Crippen molar-refractivity contribution in [2.24, 2.45) is 5.92 Å². The lowest BCUT2D eigenvalue weighted by Crippen LogP contribution is -2.51. The number of hydrogen-bond acceptors (Lipinski definition) is 2. The third-order valence-electron chi connectivity index (χ3n) is 6.66. The van der Waals surface area contributed by atoms with E-state index in [4.69, 9.17) is 23.8 Å². The highest BCUT2D eigenvalue weighted by molar-refractivity contribution is 7.80. The Kier molecular flexibility index (Phi) is 7.29. The fraction of sp³-hybridized carbons (Fsp3) is 0.480. The summed E-state index contributed by atoms with van der Waals surface area (Å²) in [6, 6.07) is 17.8. The number of hydrogen-bond donors (Lipinski definition) is 2. The molecule has 3 nitrogen and oxygen atoms in total. The van der Waals surface area contributed by atoms with Gasteiger partial charge in [-0.2, -0.15) is 0 Å². The van der Waals surface area contributed by atoms with E-state index in [1.165, 1.54) is 62.7 Å². The maximum atomic E-state index is 6.02. The van der Waals surface area contributed by atoms with Gasteiger partial charge in [-0.05, 0) is 107 Å². The molecule has 1 saturated heterocycles. The third kappa shape index (κ3) is 5.75. The molecule has 30 heavy (non-hydrogen) atoms. The Bertz CT molecular complexity index is 828. The minimum absolute atomic E-state index is 0.447. The van der Waals surface area contributed by atoms with E-state index in [0.29, 0.717) is 12.1 Å². The second-order valence-electron chi connectivity index (χ2n) is 8.88. The lowest BCUT2D eigenvalue weighted by atomic mass is 9.89. The van der Waals surface area contributed by atoms with Crippen LogP contribution in [0.2, 0.25) is 5.02 Å². The number of anilines is 1. The fourth-order valence-electron chi connectivity index (χ4n) is 4.96. The first kappa shape index (κ1) is 21.6. The van der Waals surface area contributed by atoms with Crippen molar-refractivity contribution < 1.29 is 0 Å². The van der Waals surface area contributed by atoms with E-state index in [0.717, 1.165) is 21.7 Å². The number of benzene rings is 2. The Labute approximate surface area is 191 Å². The zero-order valence-corrected chi connectivity index (χ0v) is 19.3. The number of thiocarbonyl (C=S) groups is 1. The molecule has 1 aliphatic carbocycles. The Balaban J connectivity index is 1.26. The van der Waals surface area contributed by atoms with Gasteiger partial charge in [-0.15, -0.1) is 0 Å². The van der Waals surface area contributed by atoms with Gasteiger partial charge in [-0.1, -0.05) is 41.4 Å². The molecule has 0 radical (unpaired) electrons. The van der Waals surface area contributed by atoms with Crippen molar-refractivity contribution in [3.8, 4) is 0 Å². The van der Waals surface area contributed by atoms with Crippen LogP contribution in [0.4, 0.5) is 5.69 Å². The van der Waals surface area contributed by atoms with Gasteiger partial charge >= 0.3 is 0 Å². The van der Waals surface area contributed by atoms with Crippen LogP contribution >= 0.6 is 23.8 Å². The van der Waals surface area contributed by atoms with Crippen molar-refractivity contribution in [3.05, 3.63) is 64.7 Å². The van der Waals surface area contributed by atoms with Crippen LogP contribution in [0.3, 0.4) is 0 Å². The van der Waals surface area contributed by atoms with Gasteiger partial charge in [-0.25, -0.2) is 0 Å². The van der Waals surface area contributed by atoms with E-state index in [-0.39, 0.29) is 0 Å². The van der Waals surface area contributed by atoms with Gasteiger partial charge in [0.25, 0.3) is 0 Å². The third-order valence-corrected chi connectivity index (χ3v) is 7.13. The zero-order valence-electron chi connectivity index (χ0n) is 17.7. The molecule has 1 aliphatic heterocycles. The van der Waals surface area contributed by atoms with Crippen LogP contribution in [0, 0.1) is 12.8 Å². The zero-order chi connectivity index (χ0) is 20.9. The van der Waals surface area contributed by atoms with Gasteiger partial charge in [-0.3, -0.25) is 4.90 Å². The van der Waals surface area contributed by atoms with Crippen molar-refractivity contribution in [1.82, 2.24) is 10.2 Å². The summed E-state index contributed by atoms with van der Waals surface area (Å²) in [6.45, 7) is 4.49. The van der Waals surface area contributed by atoms with Crippen LogP contribution in [0.1, 0.15) is 43.2 Å². The predicted molar refractivity (Wildman–Crippen MR) is 131 cm³/mol. The Morgan fingerprint density at radius 2 is 1.70 bits per heavy atom. The number of nitrogens with zero attached hydrogens (tertiary/aromatic N) is 1. The molecule has 2 N–H and O–H groups in total. The molecule has 1 heterocycles. The van der Waals surface area contributed by atoms with Crippen molar-refractivity contribution in [3.63, 3.8) is 0 Å². The average molecular weight is 442 g/mol. The first-order chi connectivity index (χ1) is 14.6. The van der Waals surface area contributed by atoms with E-state index in [1.54, 1.807) is 0 Å². The summed E-state index contributed by atoms with van der Waals surface area (Å²) >= 11 is 11.6. The number of piperidine rings is 1. The normalized spacial score (nSPS) is 22.7. The molecule has 0 amide bonds. The van der Waals surface area contributed by atoms with Crippen LogP contribution < -0.4 is 10.6 Å². The summed E-state index contributed by atoms with van der Waals surface area (Å²) in [7, 11) is 0. The lowest BCUT2D eigenvalue weighted by Gasteiger charge is -2.39. The number of halogens is 1. The van der Waals surface area contributed by atoms with Crippen molar-refractivity contribution >= 4 is 34.6 Å². The largest absolute Gasteiger partial charge is 0.358 e. The number of nitrogens with one attached hydrogen (secondary N) is 2. The van der Waals surface area contributed by atoms with Gasteiger partial charge in [0.2, 0.25) is 0 Å². The monoisotopic (exact) mass is 441 g/mol. The standard InChI is InChI=1S/C25H32ClN3S/c1-18-5-11-22(12-6-18)27-25(30)28-23-3-2-4-24(23)29-15-13-20(14-16-29)17-19-7-9-21(26)10-8-19/h5-12,20,23-24H,2-4,13-17H2,1H3,(H2,27,28,30)/t23-,24-/m1/s1. The minimum atomic E-state index is 0.447. The molecule has 2 fully saturated rings. The summed E-state index contributed by atoms with van der Waals surface area (Å²) in [5.74, 6) is 0.777. The van der Waals surface area contributed by atoms with E-state index < -0.39 is 0 Å². The molecule has 5 heteroatoms. The Hall–Kier alpha value is -1.62. The second-order valence-corrected chi connectivity index (χ2v) is 9.72. The SMILES string of the molecule is Cc1ccc(NC(=S)N[C@@H]2CCC[C@H]2N2CCC(Cc3ccc(Cl)cc3)CC2)cc1.